The minimum atomic E-state index is -0.297. The summed E-state index contributed by atoms with van der Waals surface area (Å²) in [5.74, 6) is 0.493. The van der Waals surface area contributed by atoms with Gasteiger partial charge in [0.2, 0.25) is 5.88 Å². The summed E-state index contributed by atoms with van der Waals surface area (Å²) in [6, 6.07) is 3.46. The van der Waals surface area contributed by atoms with Gasteiger partial charge in [0.05, 0.1) is 19.3 Å². The minimum absolute atomic E-state index is 0.180. The fourth-order valence-electron chi connectivity index (χ4n) is 3.28. The van der Waals surface area contributed by atoms with Crippen LogP contribution in [-0.2, 0) is 6.42 Å². The van der Waals surface area contributed by atoms with Gasteiger partial charge in [0.1, 0.15) is 0 Å². The van der Waals surface area contributed by atoms with Crippen LogP contribution >= 0.6 is 0 Å². The van der Waals surface area contributed by atoms with E-state index < -0.39 is 0 Å². The van der Waals surface area contributed by atoms with Crippen molar-refractivity contribution in [3.05, 3.63) is 40.8 Å². The minimum Gasteiger partial charge on any atom is -0.481 e. The van der Waals surface area contributed by atoms with Crippen LogP contribution in [-0.4, -0.2) is 39.4 Å². The number of aromatic nitrogens is 3. The van der Waals surface area contributed by atoms with Crippen molar-refractivity contribution in [2.24, 2.45) is 5.92 Å². The van der Waals surface area contributed by atoms with Crippen molar-refractivity contribution in [1.29, 1.82) is 0 Å². The van der Waals surface area contributed by atoms with E-state index in [1.807, 2.05) is 19.9 Å². The molecule has 0 radical (unpaired) electrons. The summed E-state index contributed by atoms with van der Waals surface area (Å²) in [7, 11) is 1.56. The van der Waals surface area contributed by atoms with E-state index in [0.29, 0.717) is 24.4 Å². The van der Waals surface area contributed by atoms with Crippen LogP contribution in [0, 0.1) is 12.8 Å². The van der Waals surface area contributed by atoms with Crippen LogP contribution in [0.4, 0.5) is 0 Å². The Bertz CT molecular complexity index is 735. The lowest BCUT2D eigenvalue weighted by Gasteiger charge is -2.38. The molecule has 1 atom stereocenters. The Morgan fingerprint density at radius 1 is 1.48 bits per heavy atom. The van der Waals surface area contributed by atoms with Crippen molar-refractivity contribution in [3.8, 4) is 5.88 Å². The van der Waals surface area contributed by atoms with E-state index in [1.54, 1.807) is 19.4 Å². The predicted molar refractivity (Wildman–Crippen MR) is 92.4 cm³/mol. The maximum Gasteiger partial charge on any atom is 0.272 e. The number of hydrogen-bond acceptors (Lipinski definition) is 5. The monoisotopic (exact) mass is 344 g/mol. The molecule has 0 bridgehead atoms. The molecule has 7 heteroatoms. The zero-order valence-corrected chi connectivity index (χ0v) is 14.7. The first kappa shape index (κ1) is 17.4. The average Bonchev–Trinajstić information content (AvgIpc) is 2.98. The summed E-state index contributed by atoms with van der Waals surface area (Å²) in [6.45, 7) is 3.91. The van der Waals surface area contributed by atoms with Crippen LogP contribution in [0.25, 0.3) is 0 Å². The molecule has 134 valence electrons. The van der Waals surface area contributed by atoms with Crippen LogP contribution in [0.15, 0.2) is 18.3 Å². The van der Waals surface area contributed by atoms with Gasteiger partial charge in [0.25, 0.3) is 5.91 Å². The third-order valence-corrected chi connectivity index (χ3v) is 4.91. The van der Waals surface area contributed by atoms with Gasteiger partial charge >= 0.3 is 0 Å². The van der Waals surface area contributed by atoms with E-state index in [0.717, 1.165) is 23.2 Å². The number of H-pyrrole nitrogens is 1. The molecule has 2 aromatic rings. The molecule has 1 fully saturated rings. The lowest BCUT2D eigenvalue weighted by atomic mass is 9.75. The number of amides is 1. The highest BCUT2D eigenvalue weighted by Crippen LogP contribution is 2.38. The molecule has 2 aromatic heterocycles. The van der Waals surface area contributed by atoms with Gasteiger partial charge in [-0.05, 0) is 37.7 Å². The molecule has 2 heterocycles. The SMILES string of the molecule is CCc1[nH]nc(C(=O)N[C@@H](c2ccc(OC)nc2)C2CC(O)C2)c1C. The van der Waals surface area contributed by atoms with Crippen molar-refractivity contribution >= 4 is 5.91 Å². The zero-order chi connectivity index (χ0) is 18.0. The van der Waals surface area contributed by atoms with Gasteiger partial charge in [-0.25, -0.2) is 4.98 Å². The summed E-state index contributed by atoms with van der Waals surface area (Å²) in [6.07, 6.45) is 3.54. The Labute approximate surface area is 146 Å². The molecule has 0 unspecified atom stereocenters. The number of pyridine rings is 1. The zero-order valence-electron chi connectivity index (χ0n) is 14.7. The van der Waals surface area contributed by atoms with Crippen LogP contribution in [0.1, 0.15) is 53.1 Å². The Morgan fingerprint density at radius 2 is 2.24 bits per heavy atom. The predicted octanol–water partition coefficient (Wildman–Crippen LogP) is 1.93. The molecule has 0 aliphatic heterocycles. The lowest BCUT2D eigenvalue weighted by molar-refractivity contribution is 0.0234. The van der Waals surface area contributed by atoms with E-state index in [-0.39, 0.29) is 24.0 Å². The number of carbonyl (C=O) groups excluding carboxylic acids is 1. The molecule has 1 aliphatic rings. The fourth-order valence-corrected chi connectivity index (χ4v) is 3.28. The number of nitrogens with one attached hydrogen (secondary N) is 2. The molecule has 3 N–H and O–H groups in total. The third-order valence-electron chi connectivity index (χ3n) is 4.91. The normalized spacial score (nSPS) is 20.6. The Hall–Kier alpha value is -2.41. The van der Waals surface area contributed by atoms with Gasteiger partial charge < -0.3 is 15.2 Å². The molecule has 3 rings (SSSR count). The smallest absolute Gasteiger partial charge is 0.272 e. The molecule has 1 saturated carbocycles. The molecule has 0 saturated heterocycles. The highest BCUT2D eigenvalue weighted by atomic mass is 16.5. The number of aliphatic hydroxyl groups is 1. The summed E-state index contributed by atoms with van der Waals surface area (Å²) in [4.78, 5) is 17.0. The number of aliphatic hydroxyl groups excluding tert-OH is 1. The first-order valence-corrected chi connectivity index (χ1v) is 8.56. The van der Waals surface area contributed by atoms with Gasteiger partial charge in [0, 0.05) is 23.5 Å². The summed E-state index contributed by atoms with van der Waals surface area (Å²) < 4.78 is 5.10. The number of ether oxygens (including phenoxy) is 1. The van der Waals surface area contributed by atoms with Crippen molar-refractivity contribution in [1.82, 2.24) is 20.5 Å². The standard InChI is InChI=1S/C18H24N4O3/c1-4-14-10(2)16(22-21-14)18(24)20-17(12-7-13(23)8-12)11-5-6-15(25-3)19-9-11/h5-6,9,12-13,17,23H,4,7-8H2,1-3H3,(H,20,24)(H,21,22)/t12?,13?,17-/m0/s1. The van der Waals surface area contributed by atoms with E-state index in [2.05, 4.69) is 20.5 Å². The molecule has 7 nitrogen and oxygen atoms in total. The maximum atomic E-state index is 12.7. The highest BCUT2D eigenvalue weighted by Gasteiger charge is 2.36. The summed E-state index contributed by atoms with van der Waals surface area (Å²) >= 11 is 0. The van der Waals surface area contributed by atoms with Crippen molar-refractivity contribution < 1.29 is 14.6 Å². The maximum absolute atomic E-state index is 12.7. The number of aryl methyl sites for hydroxylation is 1. The van der Waals surface area contributed by atoms with Gasteiger partial charge in [-0.3, -0.25) is 9.89 Å². The molecular weight excluding hydrogens is 320 g/mol. The average molecular weight is 344 g/mol. The molecule has 25 heavy (non-hydrogen) atoms. The fraction of sp³-hybridized carbons (Fsp3) is 0.500. The first-order valence-electron chi connectivity index (χ1n) is 8.56. The van der Waals surface area contributed by atoms with Gasteiger partial charge in [-0.1, -0.05) is 13.0 Å². The van der Waals surface area contributed by atoms with Crippen LogP contribution < -0.4 is 10.1 Å². The number of methoxy groups -OCH3 is 1. The van der Waals surface area contributed by atoms with Crippen LogP contribution in [0.3, 0.4) is 0 Å². The van der Waals surface area contributed by atoms with Gasteiger partial charge in [-0.15, -0.1) is 0 Å². The largest absolute Gasteiger partial charge is 0.481 e. The van der Waals surface area contributed by atoms with Crippen LogP contribution in [0.2, 0.25) is 0 Å². The van der Waals surface area contributed by atoms with E-state index in [1.165, 1.54) is 0 Å². The van der Waals surface area contributed by atoms with Crippen molar-refractivity contribution in [3.63, 3.8) is 0 Å². The third kappa shape index (κ3) is 3.51. The van der Waals surface area contributed by atoms with E-state index >= 15 is 0 Å². The Balaban J connectivity index is 1.81. The Kier molecular flexibility index (Phi) is 5.03. The number of aromatic amines is 1. The van der Waals surface area contributed by atoms with Crippen molar-refractivity contribution in [2.45, 2.75) is 45.3 Å². The van der Waals surface area contributed by atoms with E-state index in [9.17, 15) is 9.90 Å². The summed E-state index contributed by atoms with van der Waals surface area (Å²) in [5.41, 5.74) is 3.16. The second-order valence-corrected chi connectivity index (χ2v) is 6.50. The quantitative estimate of drug-likeness (QED) is 0.743. The molecule has 1 aliphatic carbocycles. The first-order chi connectivity index (χ1) is 12.0. The number of rotatable bonds is 6. The van der Waals surface area contributed by atoms with Crippen molar-refractivity contribution in [2.75, 3.05) is 7.11 Å². The highest BCUT2D eigenvalue weighted by molar-refractivity contribution is 5.94. The molecule has 1 amide bonds. The topological polar surface area (TPSA) is 100 Å². The second-order valence-electron chi connectivity index (χ2n) is 6.50. The lowest BCUT2D eigenvalue weighted by Crippen LogP contribution is -2.41. The number of hydrogen-bond donors (Lipinski definition) is 3. The van der Waals surface area contributed by atoms with Crippen LogP contribution in [0.5, 0.6) is 5.88 Å². The molecule has 0 spiro atoms. The van der Waals surface area contributed by atoms with E-state index in [4.69, 9.17) is 4.74 Å². The second kappa shape index (κ2) is 7.23. The molecular formula is C18H24N4O3. The Morgan fingerprint density at radius 3 is 2.76 bits per heavy atom. The molecule has 0 aromatic carbocycles. The van der Waals surface area contributed by atoms with Gasteiger partial charge in [-0.2, -0.15) is 5.10 Å². The number of nitrogens with zero attached hydrogens (tertiary/aromatic N) is 2. The number of carbonyl (C=O) groups is 1. The summed E-state index contributed by atoms with van der Waals surface area (Å²) in [5, 5.41) is 19.8. The van der Waals surface area contributed by atoms with Gasteiger partial charge in [0.15, 0.2) is 5.69 Å².